The minimum Gasteiger partial charge on any atom is -0.768 e. The van der Waals surface area contributed by atoms with Crippen molar-refractivity contribution in [2.45, 2.75) is 4.90 Å². The SMILES string of the molecule is O=S([O-])c1c(F)c(F)c(F)c(F)c1F.[Li+]. The fourth-order valence-electron chi connectivity index (χ4n) is 0.731. The van der Waals surface area contributed by atoms with Gasteiger partial charge < -0.3 is 4.55 Å². The zero-order valence-corrected chi connectivity index (χ0v) is 7.93. The second-order valence-corrected chi connectivity index (χ2v) is 3.01. The summed E-state index contributed by atoms with van der Waals surface area (Å²) in [5.41, 5.74) is 0. The smallest absolute Gasteiger partial charge is 0.768 e. The molecule has 0 aliphatic rings. The first kappa shape index (κ1) is 14.6. The molecule has 2 nitrogen and oxygen atoms in total. The Labute approximate surface area is 94.9 Å². The average Bonchev–Trinajstić information content (AvgIpc) is 2.11. The molecule has 0 aromatic heterocycles. The molecule has 0 aliphatic heterocycles. The van der Waals surface area contributed by atoms with E-state index in [1.54, 1.807) is 0 Å². The van der Waals surface area contributed by atoms with Gasteiger partial charge in [-0.3, -0.25) is 4.21 Å². The molecule has 0 bridgehead atoms. The van der Waals surface area contributed by atoms with Gasteiger partial charge >= 0.3 is 18.9 Å². The van der Waals surface area contributed by atoms with E-state index in [0.717, 1.165) is 0 Å². The maximum atomic E-state index is 12.5. The Balaban J connectivity index is 0.00000196. The molecule has 9 heteroatoms. The monoisotopic (exact) mass is 238 g/mol. The van der Waals surface area contributed by atoms with Crippen molar-refractivity contribution in [3.63, 3.8) is 0 Å². The third-order valence-electron chi connectivity index (χ3n) is 1.34. The molecule has 1 atom stereocenters. The molecular weight excluding hydrogens is 238 g/mol. The van der Waals surface area contributed by atoms with Crippen molar-refractivity contribution in [2.24, 2.45) is 0 Å². The molecule has 15 heavy (non-hydrogen) atoms. The van der Waals surface area contributed by atoms with Crippen molar-refractivity contribution in [1.29, 1.82) is 0 Å². The van der Waals surface area contributed by atoms with Crippen LogP contribution >= 0.6 is 0 Å². The van der Waals surface area contributed by atoms with E-state index in [4.69, 9.17) is 0 Å². The Bertz CT molecular complexity index is 395. The van der Waals surface area contributed by atoms with E-state index in [-0.39, 0.29) is 18.9 Å². The quantitative estimate of drug-likeness (QED) is 0.199. The number of halogens is 5. The molecule has 0 spiro atoms. The standard InChI is InChI=1S/C6HF5O2S.Li/c7-1-2(8)4(10)6(14(12)13)5(11)3(1)9;/h(H,12,13);/q;+1/p-1. The van der Waals surface area contributed by atoms with Crippen LogP contribution in [0.2, 0.25) is 0 Å². The summed E-state index contributed by atoms with van der Waals surface area (Å²) in [4.78, 5) is -1.86. The first-order chi connectivity index (χ1) is 6.37. The Morgan fingerprint density at radius 3 is 1.33 bits per heavy atom. The maximum absolute atomic E-state index is 12.5. The Hall–Kier alpha value is -0.423. The van der Waals surface area contributed by atoms with Crippen LogP contribution in [-0.2, 0) is 11.1 Å². The van der Waals surface area contributed by atoms with Gasteiger partial charge in [-0.15, -0.1) is 0 Å². The summed E-state index contributed by atoms with van der Waals surface area (Å²) < 4.78 is 82.3. The van der Waals surface area contributed by atoms with Gasteiger partial charge in [-0.25, -0.2) is 22.0 Å². The minimum absolute atomic E-state index is 0. The molecule has 1 aromatic carbocycles. The molecule has 1 aromatic rings. The molecule has 1 rings (SSSR count). The average molecular weight is 238 g/mol. The van der Waals surface area contributed by atoms with Gasteiger partial charge in [0.05, 0.1) is 0 Å². The maximum Gasteiger partial charge on any atom is 1.00 e. The Morgan fingerprint density at radius 2 is 1.07 bits per heavy atom. The second kappa shape index (κ2) is 5.07. The summed E-state index contributed by atoms with van der Waals surface area (Å²) in [6.45, 7) is 0. The zero-order chi connectivity index (χ0) is 11.0. The number of rotatable bonds is 1. The van der Waals surface area contributed by atoms with Crippen molar-refractivity contribution < 1.29 is 49.6 Å². The van der Waals surface area contributed by atoms with Gasteiger partial charge in [-0.05, 0) is 11.1 Å². The van der Waals surface area contributed by atoms with Crippen LogP contribution in [0.1, 0.15) is 0 Å². The van der Waals surface area contributed by atoms with Gasteiger partial charge in [0, 0.05) is 0 Å². The van der Waals surface area contributed by atoms with Gasteiger partial charge in [0.1, 0.15) is 4.90 Å². The van der Waals surface area contributed by atoms with Gasteiger partial charge in [0.15, 0.2) is 23.3 Å². The van der Waals surface area contributed by atoms with E-state index in [2.05, 4.69) is 0 Å². The van der Waals surface area contributed by atoms with E-state index in [0.29, 0.717) is 0 Å². The summed E-state index contributed by atoms with van der Waals surface area (Å²) >= 11 is -3.53. The number of hydrogen-bond donors (Lipinski definition) is 0. The van der Waals surface area contributed by atoms with Gasteiger partial charge in [0.2, 0.25) is 5.82 Å². The molecule has 0 N–H and O–H groups in total. The number of benzene rings is 1. The van der Waals surface area contributed by atoms with E-state index < -0.39 is 45.1 Å². The summed E-state index contributed by atoms with van der Waals surface area (Å²) in [6.07, 6.45) is 0. The van der Waals surface area contributed by atoms with E-state index in [1.807, 2.05) is 0 Å². The first-order valence-corrected chi connectivity index (χ1v) is 4.06. The molecular formula is C6F5LiO2S. The summed E-state index contributed by atoms with van der Waals surface area (Å²) in [7, 11) is 0. The normalized spacial score (nSPS) is 12.1. The van der Waals surface area contributed by atoms with E-state index >= 15 is 0 Å². The van der Waals surface area contributed by atoms with Crippen molar-refractivity contribution in [2.75, 3.05) is 0 Å². The van der Waals surface area contributed by atoms with Crippen molar-refractivity contribution in [1.82, 2.24) is 0 Å². The van der Waals surface area contributed by atoms with Crippen LogP contribution in [0.4, 0.5) is 22.0 Å². The number of hydrogen-bond acceptors (Lipinski definition) is 2. The van der Waals surface area contributed by atoms with Crippen LogP contribution in [0, 0.1) is 29.1 Å². The Kier molecular flexibility index (Phi) is 4.93. The fourth-order valence-corrected chi connectivity index (χ4v) is 1.20. The van der Waals surface area contributed by atoms with Gasteiger partial charge in [-0.1, -0.05) is 0 Å². The van der Waals surface area contributed by atoms with E-state index in [9.17, 15) is 30.7 Å². The fraction of sp³-hybridized carbons (Fsp3) is 0. The third-order valence-corrected chi connectivity index (χ3v) is 2.03. The van der Waals surface area contributed by atoms with Crippen molar-refractivity contribution >= 4 is 11.1 Å². The largest absolute Gasteiger partial charge is 1.00 e. The second-order valence-electron chi connectivity index (χ2n) is 2.13. The van der Waals surface area contributed by atoms with Crippen LogP contribution in [0.25, 0.3) is 0 Å². The summed E-state index contributed by atoms with van der Waals surface area (Å²) in [6, 6.07) is 0. The summed E-state index contributed by atoms with van der Waals surface area (Å²) in [5, 5.41) is 0. The minimum atomic E-state index is -3.53. The third kappa shape index (κ3) is 2.39. The molecule has 0 aliphatic carbocycles. The van der Waals surface area contributed by atoms with Crippen LogP contribution in [0.3, 0.4) is 0 Å². The Morgan fingerprint density at radius 1 is 0.800 bits per heavy atom. The molecule has 0 saturated heterocycles. The van der Waals surface area contributed by atoms with E-state index in [1.165, 1.54) is 0 Å². The predicted octanol–water partition coefficient (Wildman–Crippen LogP) is -1.38. The molecule has 0 saturated carbocycles. The molecule has 0 heterocycles. The summed E-state index contributed by atoms with van der Waals surface area (Å²) in [5.74, 6) is -11.7. The molecule has 1 unspecified atom stereocenters. The van der Waals surface area contributed by atoms with Gasteiger partial charge in [-0.2, -0.15) is 0 Å². The van der Waals surface area contributed by atoms with Gasteiger partial charge in [0.25, 0.3) is 0 Å². The topological polar surface area (TPSA) is 40.1 Å². The van der Waals surface area contributed by atoms with Crippen molar-refractivity contribution in [3.8, 4) is 0 Å². The van der Waals surface area contributed by atoms with Crippen molar-refractivity contribution in [3.05, 3.63) is 29.1 Å². The molecule has 78 valence electrons. The molecule has 0 amide bonds. The molecule has 0 radical (unpaired) electrons. The zero-order valence-electron chi connectivity index (χ0n) is 7.11. The predicted molar refractivity (Wildman–Crippen MR) is 33.4 cm³/mol. The van der Waals surface area contributed by atoms with Crippen LogP contribution in [0.5, 0.6) is 0 Å². The first-order valence-electron chi connectivity index (χ1n) is 2.98. The van der Waals surface area contributed by atoms with Crippen LogP contribution < -0.4 is 18.9 Å². The van der Waals surface area contributed by atoms with Crippen LogP contribution in [0.15, 0.2) is 4.90 Å². The van der Waals surface area contributed by atoms with Crippen LogP contribution in [-0.4, -0.2) is 8.76 Å². The molecule has 0 fully saturated rings.